The highest BCUT2D eigenvalue weighted by Gasteiger charge is 2.23. The lowest BCUT2D eigenvalue weighted by Gasteiger charge is -2.22. The minimum absolute atomic E-state index is 0.130. The van der Waals surface area contributed by atoms with Gasteiger partial charge in [-0.05, 0) is 48.6 Å². The molecule has 3 aromatic rings. The fourth-order valence-electron chi connectivity index (χ4n) is 4.09. The summed E-state index contributed by atoms with van der Waals surface area (Å²) < 4.78 is 48.4. The van der Waals surface area contributed by atoms with Gasteiger partial charge in [-0.2, -0.15) is 13.5 Å². The van der Waals surface area contributed by atoms with E-state index in [1.807, 2.05) is 12.1 Å². The van der Waals surface area contributed by atoms with Crippen LogP contribution in [-0.2, 0) is 10.0 Å². The fraction of sp³-hybridized carbons (Fsp3) is 0.304. The Bertz CT molecular complexity index is 1270. The molecule has 10 heteroatoms. The molecule has 33 heavy (non-hydrogen) atoms. The van der Waals surface area contributed by atoms with Gasteiger partial charge in [0, 0.05) is 12.3 Å². The second-order valence-corrected chi connectivity index (χ2v) is 9.60. The molecule has 174 valence electrons. The average molecular weight is 474 g/mol. The van der Waals surface area contributed by atoms with E-state index in [2.05, 4.69) is 22.0 Å². The van der Waals surface area contributed by atoms with Gasteiger partial charge in [0.15, 0.2) is 5.03 Å². The molecule has 0 bridgehead atoms. The van der Waals surface area contributed by atoms with Crippen LogP contribution in [0.3, 0.4) is 0 Å². The van der Waals surface area contributed by atoms with E-state index in [1.54, 1.807) is 0 Å². The number of carboxylic acid groups (broad SMARTS) is 1. The lowest BCUT2D eigenvalue weighted by atomic mass is 9.84. The molecule has 2 aromatic carbocycles. The van der Waals surface area contributed by atoms with E-state index in [0.29, 0.717) is 11.6 Å². The summed E-state index contributed by atoms with van der Waals surface area (Å²) in [7, 11) is -2.96. The molecule has 0 unspecified atom stereocenters. The van der Waals surface area contributed by atoms with Crippen molar-refractivity contribution in [1.29, 1.82) is 0 Å². The van der Waals surface area contributed by atoms with Crippen molar-refractivity contribution in [3.63, 3.8) is 0 Å². The van der Waals surface area contributed by atoms with Crippen molar-refractivity contribution in [3.05, 3.63) is 65.6 Å². The maximum atomic E-state index is 14.1. The third-order valence-corrected chi connectivity index (χ3v) is 7.10. The van der Waals surface area contributed by atoms with Gasteiger partial charge in [-0.25, -0.2) is 13.9 Å². The molecule has 8 nitrogen and oxygen atoms in total. The van der Waals surface area contributed by atoms with Crippen LogP contribution in [0.4, 0.5) is 10.1 Å². The van der Waals surface area contributed by atoms with Crippen molar-refractivity contribution < 1.29 is 27.4 Å². The molecular formula is C23H24FN3O5S. The average Bonchev–Trinajstić information content (AvgIpc) is 3.31. The number of hydrogen-bond acceptors (Lipinski definition) is 5. The van der Waals surface area contributed by atoms with Gasteiger partial charge in [0.05, 0.1) is 24.0 Å². The SMILES string of the molecule is COc1cc(C(=O)O)c(F)cc1NS(=O)(=O)c1ccn(-c2ccc(C3CCCCC3)cc2)n1. The van der Waals surface area contributed by atoms with E-state index in [9.17, 15) is 17.6 Å². The van der Waals surface area contributed by atoms with Crippen molar-refractivity contribution in [2.75, 3.05) is 11.8 Å². The first-order valence-electron chi connectivity index (χ1n) is 10.6. The molecule has 1 heterocycles. The summed E-state index contributed by atoms with van der Waals surface area (Å²) in [6.45, 7) is 0. The highest BCUT2D eigenvalue weighted by molar-refractivity contribution is 7.92. The fourth-order valence-corrected chi connectivity index (χ4v) is 5.08. The van der Waals surface area contributed by atoms with Crippen LogP contribution in [0, 0.1) is 5.82 Å². The third kappa shape index (κ3) is 4.85. The number of halogens is 1. The molecule has 0 atom stereocenters. The van der Waals surface area contributed by atoms with Gasteiger partial charge >= 0.3 is 5.97 Å². The number of benzene rings is 2. The first kappa shape index (κ1) is 22.8. The van der Waals surface area contributed by atoms with Crippen LogP contribution in [0.5, 0.6) is 5.75 Å². The van der Waals surface area contributed by atoms with Crippen molar-refractivity contribution >= 4 is 21.7 Å². The summed E-state index contributed by atoms with van der Waals surface area (Å²) in [6.07, 6.45) is 7.67. The zero-order chi connectivity index (χ0) is 23.6. The molecule has 1 aliphatic rings. The lowest BCUT2D eigenvalue weighted by Crippen LogP contribution is -2.15. The largest absolute Gasteiger partial charge is 0.495 e. The normalized spacial score (nSPS) is 14.7. The van der Waals surface area contributed by atoms with Crippen LogP contribution in [0.2, 0.25) is 0 Å². The molecule has 1 saturated carbocycles. The van der Waals surface area contributed by atoms with E-state index >= 15 is 0 Å². The first-order valence-corrected chi connectivity index (χ1v) is 12.1. The summed E-state index contributed by atoms with van der Waals surface area (Å²) in [4.78, 5) is 11.1. The number of carboxylic acids is 1. The van der Waals surface area contributed by atoms with Gasteiger partial charge in [-0.3, -0.25) is 4.72 Å². The van der Waals surface area contributed by atoms with Crippen LogP contribution in [0.25, 0.3) is 5.69 Å². The number of sulfonamides is 1. The highest BCUT2D eigenvalue weighted by atomic mass is 32.2. The number of aromatic carboxylic acids is 1. The Kier molecular flexibility index (Phi) is 6.37. The summed E-state index contributed by atoms with van der Waals surface area (Å²) in [6, 6.07) is 10.9. The van der Waals surface area contributed by atoms with Crippen molar-refractivity contribution in [2.45, 2.75) is 43.0 Å². The second-order valence-electron chi connectivity index (χ2n) is 7.97. The maximum Gasteiger partial charge on any atom is 0.338 e. The summed E-state index contributed by atoms with van der Waals surface area (Å²) in [5.74, 6) is -2.15. The number of aromatic nitrogens is 2. The minimum atomic E-state index is -4.18. The first-order chi connectivity index (χ1) is 15.8. The molecule has 0 radical (unpaired) electrons. The Morgan fingerprint density at radius 2 is 1.85 bits per heavy atom. The third-order valence-electron chi connectivity index (χ3n) is 5.84. The Morgan fingerprint density at radius 1 is 1.15 bits per heavy atom. The van der Waals surface area contributed by atoms with Crippen molar-refractivity contribution in [1.82, 2.24) is 9.78 Å². The van der Waals surface area contributed by atoms with Crippen LogP contribution < -0.4 is 9.46 Å². The minimum Gasteiger partial charge on any atom is -0.495 e. The Morgan fingerprint density at radius 3 is 2.48 bits per heavy atom. The maximum absolute atomic E-state index is 14.1. The molecule has 2 N–H and O–H groups in total. The molecule has 0 aliphatic heterocycles. The van der Waals surface area contributed by atoms with E-state index in [-0.39, 0.29) is 16.5 Å². The number of hydrogen-bond donors (Lipinski definition) is 2. The molecule has 0 spiro atoms. The van der Waals surface area contributed by atoms with Gasteiger partial charge in [-0.1, -0.05) is 31.4 Å². The van der Waals surface area contributed by atoms with Crippen LogP contribution in [0.1, 0.15) is 53.9 Å². The molecule has 0 saturated heterocycles. The second kappa shape index (κ2) is 9.22. The van der Waals surface area contributed by atoms with Gasteiger partial charge in [0.2, 0.25) is 0 Å². The standard InChI is InChI=1S/C23H24FN3O5S/c1-32-21-13-18(23(28)29)19(24)14-20(21)26-33(30,31)22-11-12-27(25-22)17-9-7-16(8-10-17)15-5-3-2-4-6-15/h7-15,26H,2-6H2,1H3,(H,28,29). The smallest absolute Gasteiger partial charge is 0.338 e. The van der Waals surface area contributed by atoms with Gasteiger partial charge in [0.25, 0.3) is 10.0 Å². The Hall–Kier alpha value is -3.40. The molecule has 0 amide bonds. The Labute approximate surface area is 191 Å². The van der Waals surface area contributed by atoms with Crippen molar-refractivity contribution in [3.8, 4) is 11.4 Å². The number of anilines is 1. The number of carbonyl (C=O) groups is 1. The number of nitrogens with one attached hydrogen (secondary N) is 1. The van der Waals surface area contributed by atoms with Crippen LogP contribution in [0.15, 0.2) is 53.7 Å². The van der Waals surface area contributed by atoms with E-state index in [0.717, 1.165) is 12.1 Å². The van der Waals surface area contributed by atoms with Crippen LogP contribution in [-0.4, -0.2) is 36.4 Å². The predicted octanol–water partition coefficient (Wildman–Crippen LogP) is 4.57. The molecular weight excluding hydrogens is 449 g/mol. The zero-order valence-corrected chi connectivity index (χ0v) is 18.8. The number of rotatable bonds is 7. The zero-order valence-electron chi connectivity index (χ0n) is 18.0. The number of nitrogens with zero attached hydrogens (tertiary/aromatic N) is 2. The van der Waals surface area contributed by atoms with Crippen molar-refractivity contribution in [2.24, 2.45) is 0 Å². The van der Waals surface area contributed by atoms with Gasteiger partial charge < -0.3 is 9.84 Å². The van der Waals surface area contributed by atoms with E-state index in [1.165, 1.54) is 61.7 Å². The number of methoxy groups -OCH3 is 1. The topological polar surface area (TPSA) is 111 Å². The summed E-state index contributed by atoms with van der Waals surface area (Å²) >= 11 is 0. The van der Waals surface area contributed by atoms with Gasteiger partial charge in [0.1, 0.15) is 11.6 Å². The lowest BCUT2D eigenvalue weighted by molar-refractivity contribution is 0.0691. The van der Waals surface area contributed by atoms with Crippen LogP contribution >= 0.6 is 0 Å². The molecule has 1 aliphatic carbocycles. The number of ether oxygens (including phenoxy) is 1. The van der Waals surface area contributed by atoms with E-state index < -0.39 is 27.4 Å². The quantitative estimate of drug-likeness (QED) is 0.520. The molecule has 1 aromatic heterocycles. The summed E-state index contributed by atoms with van der Waals surface area (Å²) in [5.41, 5.74) is 1.13. The predicted molar refractivity (Wildman–Crippen MR) is 120 cm³/mol. The van der Waals surface area contributed by atoms with Gasteiger partial charge in [-0.15, -0.1) is 0 Å². The Balaban J connectivity index is 1.55. The highest BCUT2D eigenvalue weighted by Crippen LogP contribution is 2.33. The summed E-state index contributed by atoms with van der Waals surface area (Å²) in [5, 5.41) is 12.9. The monoisotopic (exact) mass is 473 g/mol. The van der Waals surface area contributed by atoms with E-state index in [4.69, 9.17) is 9.84 Å². The molecule has 4 rings (SSSR count). The molecule has 1 fully saturated rings.